The van der Waals surface area contributed by atoms with E-state index in [1.54, 1.807) is 0 Å². The van der Waals surface area contributed by atoms with Gasteiger partial charge in [0, 0.05) is 19.3 Å². The predicted octanol–water partition coefficient (Wildman–Crippen LogP) is 1.51. The Bertz CT molecular complexity index is 419. The number of anilines is 1. The van der Waals surface area contributed by atoms with Crippen molar-refractivity contribution in [3.05, 3.63) is 23.6 Å². The number of ether oxygens (including phenoxy) is 1. The highest BCUT2D eigenvalue weighted by atomic mass is 19.1. The Morgan fingerprint density at radius 3 is 3.18 bits per heavy atom. The summed E-state index contributed by atoms with van der Waals surface area (Å²) in [5, 5.41) is 11.5. The zero-order valence-electron chi connectivity index (χ0n) is 9.15. The number of hydrogen-bond acceptors (Lipinski definition) is 4. The minimum Gasteiger partial charge on any atom is -0.478 e. The van der Waals surface area contributed by atoms with Crippen molar-refractivity contribution in [3.8, 4) is 0 Å². The highest BCUT2D eigenvalue weighted by molar-refractivity contribution is 5.88. The van der Waals surface area contributed by atoms with Gasteiger partial charge in [0.05, 0.1) is 6.10 Å². The zero-order valence-corrected chi connectivity index (χ0v) is 9.15. The topological polar surface area (TPSA) is 71.5 Å². The second-order valence-electron chi connectivity index (χ2n) is 3.84. The van der Waals surface area contributed by atoms with Crippen molar-refractivity contribution in [2.24, 2.45) is 0 Å². The number of carboxylic acids is 1. The van der Waals surface area contributed by atoms with Crippen molar-refractivity contribution in [3.63, 3.8) is 0 Å². The highest BCUT2D eigenvalue weighted by Crippen LogP contribution is 2.17. The van der Waals surface area contributed by atoms with E-state index < -0.39 is 11.8 Å². The van der Waals surface area contributed by atoms with Crippen molar-refractivity contribution >= 4 is 11.8 Å². The number of aromatic carboxylic acids is 1. The maximum absolute atomic E-state index is 13.7. The Kier molecular flexibility index (Phi) is 3.53. The largest absolute Gasteiger partial charge is 0.478 e. The van der Waals surface area contributed by atoms with Gasteiger partial charge >= 0.3 is 5.97 Å². The van der Waals surface area contributed by atoms with Crippen LogP contribution in [0, 0.1) is 5.82 Å². The van der Waals surface area contributed by atoms with Crippen LogP contribution in [0.3, 0.4) is 0 Å². The maximum atomic E-state index is 13.7. The number of nitrogens with zero attached hydrogens (tertiary/aromatic N) is 1. The Balaban J connectivity index is 2.04. The SMILES string of the molecule is O=C(O)c1ccnc(NCC2CCCO2)c1F. The fourth-order valence-corrected chi connectivity index (χ4v) is 1.75. The van der Waals surface area contributed by atoms with Crippen LogP contribution >= 0.6 is 0 Å². The molecule has 0 bridgehead atoms. The highest BCUT2D eigenvalue weighted by Gasteiger charge is 2.18. The Hall–Kier alpha value is -1.69. The summed E-state index contributed by atoms with van der Waals surface area (Å²) < 4.78 is 19.0. The van der Waals surface area contributed by atoms with E-state index in [9.17, 15) is 9.18 Å². The molecule has 1 saturated heterocycles. The summed E-state index contributed by atoms with van der Waals surface area (Å²) in [7, 11) is 0. The van der Waals surface area contributed by atoms with Crippen LogP contribution in [-0.4, -0.2) is 35.3 Å². The van der Waals surface area contributed by atoms with Crippen LogP contribution in [0.2, 0.25) is 0 Å². The minimum atomic E-state index is -1.30. The molecule has 1 atom stereocenters. The molecule has 0 saturated carbocycles. The standard InChI is InChI=1S/C11H13FN2O3/c12-9-8(11(15)16)3-4-13-10(9)14-6-7-2-1-5-17-7/h3-4,7H,1-2,5-6H2,(H,13,14)(H,15,16). The Labute approximate surface area is 97.6 Å². The van der Waals surface area contributed by atoms with Crippen LogP contribution in [0.5, 0.6) is 0 Å². The van der Waals surface area contributed by atoms with Gasteiger partial charge in [-0.1, -0.05) is 0 Å². The molecule has 0 aromatic carbocycles. The molecule has 1 aromatic rings. The molecule has 2 rings (SSSR count). The molecule has 1 aromatic heterocycles. The van der Waals surface area contributed by atoms with Gasteiger partial charge in [-0.2, -0.15) is 0 Å². The molecule has 1 aliphatic heterocycles. The lowest BCUT2D eigenvalue weighted by atomic mass is 10.2. The molecule has 1 fully saturated rings. The number of carboxylic acid groups (broad SMARTS) is 1. The Morgan fingerprint density at radius 2 is 2.53 bits per heavy atom. The van der Waals surface area contributed by atoms with E-state index in [-0.39, 0.29) is 17.5 Å². The number of aromatic nitrogens is 1. The number of pyridine rings is 1. The van der Waals surface area contributed by atoms with Crippen molar-refractivity contribution in [2.75, 3.05) is 18.5 Å². The zero-order chi connectivity index (χ0) is 12.3. The normalized spacial score (nSPS) is 19.2. The molecule has 0 aliphatic carbocycles. The van der Waals surface area contributed by atoms with Gasteiger partial charge in [-0.05, 0) is 18.9 Å². The Morgan fingerprint density at radius 1 is 1.71 bits per heavy atom. The van der Waals surface area contributed by atoms with Crippen LogP contribution in [0.4, 0.5) is 10.2 Å². The second kappa shape index (κ2) is 5.09. The summed E-state index contributed by atoms with van der Waals surface area (Å²) in [5.74, 6) is -2.18. The monoisotopic (exact) mass is 240 g/mol. The molecule has 1 aliphatic rings. The third kappa shape index (κ3) is 2.71. The van der Waals surface area contributed by atoms with Gasteiger partial charge in [-0.25, -0.2) is 14.2 Å². The second-order valence-corrected chi connectivity index (χ2v) is 3.84. The van der Waals surface area contributed by atoms with Gasteiger partial charge in [0.15, 0.2) is 11.6 Å². The van der Waals surface area contributed by atoms with Crippen molar-refractivity contribution in [1.29, 1.82) is 0 Å². The van der Waals surface area contributed by atoms with Gasteiger partial charge in [0.25, 0.3) is 0 Å². The van der Waals surface area contributed by atoms with Crippen LogP contribution < -0.4 is 5.32 Å². The molecule has 0 radical (unpaired) electrons. The van der Waals surface area contributed by atoms with Gasteiger partial charge in [0.2, 0.25) is 0 Å². The molecule has 17 heavy (non-hydrogen) atoms. The van der Waals surface area contributed by atoms with Gasteiger partial charge in [-0.3, -0.25) is 0 Å². The van der Waals surface area contributed by atoms with Crippen LogP contribution in [-0.2, 0) is 4.74 Å². The molecule has 6 heteroatoms. The first-order valence-electron chi connectivity index (χ1n) is 5.41. The molecule has 2 heterocycles. The smallest absolute Gasteiger partial charge is 0.338 e. The maximum Gasteiger partial charge on any atom is 0.338 e. The van der Waals surface area contributed by atoms with E-state index in [4.69, 9.17) is 9.84 Å². The lowest BCUT2D eigenvalue weighted by Crippen LogP contribution is -2.20. The summed E-state index contributed by atoms with van der Waals surface area (Å²) in [6, 6.07) is 1.13. The average Bonchev–Trinajstić information content (AvgIpc) is 2.80. The lowest BCUT2D eigenvalue weighted by Gasteiger charge is -2.12. The first-order chi connectivity index (χ1) is 8.18. The number of nitrogens with one attached hydrogen (secondary N) is 1. The van der Waals surface area contributed by atoms with E-state index in [1.807, 2.05) is 0 Å². The third-order valence-corrected chi connectivity index (χ3v) is 2.64. The predicted molar refractivity (Wildman–Crippen MR) is 58.6 cm³/mol. The number of rotatable bonds is 4. The first kappa shape index (κ1) is 11.8. The molecule has 5 nitrogen and oxygen atoms in total. The average molecular weight is 240 g/mol. The van der Waals surface area contributed by atoms with E-state index in [1.165, 1.54) is 6.20 Å². The molecular formula is C11H13FN2O3. The van der Waals surface area contributed by atoms with Crippen LogP contribution in [0.15, 0.2) is 12.3 Å². The van der Waals surface area contributed by atoms with Crippen LogP contribution in [0.25, 0.3) is 0 Å². The van der Waals surface area contributed by atoms with E-state index in [2.05, 4.69) is 10.3 Å². The van der Waals surface area contributed by atoms with E-state index >= 15 is 0 Å². The van der Waals surface area contributed by atoms with Crippen molar-refractivity contribution in [2.45, 2.75) is 18.9 Å². The quantitative estimate of drug-likeness (QED) is 0.834. The molecule has 0 amide bonds. The number of hydrogen-bond donors (Lipinski definition) is 2. The van der Waals surface area contributed by atoms with Crippen LogP contribution in [0.1, 0.15) is 23.2 Å². The fraction of sp³-hybridized carbons (Fsp3) is 0.455. The third-order valence-electron chi connectivity index (χ3n) is 2.64. The summed E-state index contributed by atoms with van der Waals surface area (Å²) in [4.78, 5) is 14.5. The lowest BCUT2D eigenvalue weighted by molar-refractivity contribution is 0.0692. The minimum absolute atomic E-state index is 0.0413. The molecular weight excluding hydrogens is 227 g/mol. The fourth-order valence-electron chi connectivity index (χ4n) is 1.75. The summed E-state index contributed by atoms with van der Waals surface area (Å²) in [6.07, 6.45) is 3.24. The molecule has 0 spiro atoms. The van der Waals surface area contributed by atoms with Gasteiger partial charge < -0.3 is 15.2 Å². The number of halogens is 1. The van der Waals surface area contributed by atoms with Gasteiger partial charge in [-0.15, -0.1) is 0 Å². The van der Waals surface area contributed by atoms with E-state index in [0.29, 0.717) is 6.54 Å². The molecule has 1 unspecified atom stereocenters. The summed E-state index contributed by atoms with van der Waals surface area (Å²) in [5.41, 5.74) is -0.380. The molecule has 2 N–H and O–H groups in total. The first-order valence-corrected chi connectivity index (χ1v) is 5.41. The van der Waals surface area contributed by atoms with Gasteiger partial charge in [0.1, 0.15) is 5.56 Å². The van der Waals surface area contributed by atoms with Crippen molar-refractivity contribution in [1.82, 2.24) is 4.98 Å². The summed E-state index contributed by atoms with van der Waals surface area (Å²) >= 11 is 0. The molecule has 92 valence electrons. The van der Waals surface area contributed by atoms with Crippen molar-refractivity contribution < 1.29 is 19.0 Å². The summed E-state index contributed by atoms with van der Waals surface area (Å²) in [6.45, 7) is 1.16. The van der Waals surface area contributed by atoms with E-state index in [0.717, 1.165) is 25.5 Å². The number of carbonyl (C=O) groups is 1.